The summed E-state index contributed by atoms with van der Waals surface area (Å²) in [5.41, 5.74) is 6.03. The molecule has 5 nitrogen and oxygen atoms in total. The summed E-state index contributed by atoms with van der Waals surface area (Å²) in [5.74, 6) is 1.48. The number of anilines is 1. The lowest BCUT2D eigenvalue weighted by atomic mass is 9.92. The smallest absolute Gasteiger partial charge is 0.293 e. The zero-order valence-corrected chi connectivity index (χ0v) is 12.7. The summed E-state index contributed by atoms with van der Waals surface area (Å²) >= 11 is 0. The first-order chi connectivity index (χ1) is 9.49. The van der Waals surface area contributed by atoms with Crippen molar-refractivity contribution in [1.82, 2.24) is 9.55 Å². The van der Waals surface area contributed by atoms with E-state index in [0.717, 1.165) is 32.5 Å². The quantitative estimate of drug-likeness (QED) is 0.905. The van der Waals surface area contributed by atoms with Crippen molar-refractivity contribution in [2.45, 2.75) is 46.2 Å². The first kappa shape index (κ1) is 15.0. The van der Waals surface area contributed by atoms with Crippen molar-refractivity contribution >= 4 is 5.82 Å². The van der Waals surface area contributed by atoms with Crippen LogP contribution in [-0.4, -0.2) is 28.7 Å². The second-order valence-electron chi connectivity index (χ2n) is 6.31. The molecule has 1 aliphatic heterocycles. The zero-order chi connectivity index (χ0) is 14.7. The van der Waals surface area contributed by atoms with Crippen molar-refractivity contribution in [1.29, 1.82) is 0 Å². The molecule has 0 saturated carbocycles. The van der Waals surface area contributed by atoms with Crippen molar-refractivity contribution in [3.63, 3.8) is 0 Å². The van der Waals surface area contributed by atoms with Crippen LogP contribution in [0.1, 0.15) is 33.6 Å². The van der Waals surface area contributed by atoms with Gasteiger partial charge in [-0.15, -0.1) is 0 Å². The summed E-state index contributed by atoms with van der Waals surface area (Å²) in [6.45, 7) is 8.74. The number of nitrogens with two attached hydrogens (primary N) is 1. The molecular formula is C15H26N4O. The third kappa shape index (κ3) is 3.39. The van der Waals surface area contributed by atoms with Crippen LogP contribution in [-0.2, 0) is 6.54 Å². The molecule has 1 saturated heterocycles. The summed E-state index contributed by atoms with van der Waals surface area (Å²) in [4.78, 5) is 18.9. The van der Waals surface area contributed by atoms with Gasteiger partial charge in [0.15, 0.2) is 5.82 Å². The Hall–Kier alpha value is -1.36. The van der Waals surface area contributed by atoms with Crippen molar-refractivity contribution in [3.05, 3.63) is 22.7 Å². The molecule has 112 valence electrons. The first-order valence-electron chi connectivity index (χ1n) is 7.55. The summed E-state index contributed by atoms with van der Waals surface area (Å²) in [5, 5.41) is 0. The van der Waals surface area contributed by atoms with E-state index in [1.165, 1.54) is 0 Å². The maximum absolute atomic E-state index is 12.5. The second kappa shape index (κ2) is 6.39. The van der Waals surface area contributed by atoms with Gasteiger partial charge in [0, 0.05) is 38.1 Å². The van der Waals surface area contributed by atoms with E-state index < -0.39 is 0 Å². The Kier molecular flexibility index (Phi) is 4.81. The van der Waals surface area contributed by atoms with Crippen molar-refractivity contribution < 1.29 is 0 Å². The standard InChI is InChI=1S/C15H26N4O/c1-11(2)9-19-8-6-17-14(15(19)20)18-7-4-5-13(10-18)12(3)16/h6,8,11-13H,4-5,7,9-10,16H2,1-3H3. The van der Waals surface area contributed by atoms with Crippen molar-refractivity contribution in [2.75, 3.05) is 18.0 Å². The molecule has 2 atom stereocenters. The van der Waals surface area contributed by atoms with Gasteiger partial charge in [-0.25, -0.2) is 4.98 Å². The van der Waals surface area contributed by atoms with Crippen LogP contribution in [0.25, 0.3) is 0 Å². The molecule has 1 aromatic heterocycles. The third-order valence-electron chi connectivity index (χ3n) is 3.96. The van der Waals surface area contributed by atoms with Gasteiger partial charge in [0.2, 0.25) is 0 Å². The monoisotopic (exact) mass is 278 g/mol. The van der Waals surface area contributed by atoms with E-state index in [4.69, 9.17) is 5.73 Å². The molecule has 0 aromatic carbocycles. The van der Waals surface area contributed by atoms with Gasteiger partial charge in [-0.2, -0.15) is 0 Å². The highest BCUT2D eigenvalue weighted by atomic mass is 16.1. The predicted molar refractivity (Wildman–Crippen MR) is 81.9 cm³/mol. The van der Waals surface area contributed by atoms with Gasteiger partial charge in [-0.3, -0.25) is 4.79 Å². The molecule has 2 unspecified atom stereocenters. The fourth-order valence-electron chi connectivity index (χ4n) is 2.82. The lowest BCUT2D eigenvalue weighted by Crippen LogP contribution is -2.45. The molecule has 2 heterocycles. The zero-order valence-electron chi connectivity index (χ0n) is 12.7. The van der Waals surface area contributed by atoms with Crippen LogP contribution >= 0.6 is 0 Å². The van der Waals surface area contributed by atoms with E-state index in [1.807, 2.05) is 6.92 Å². The minimum atomic E-state index is 0.0199. The predicted octanol–water partition coefficient (Wildman–Crippen LogP) is 1.46. The molecular weight excluding hydrogens is 252 g/mol. The highest BCUT2D eigenvalue weighted by Gasteiger charge is 2.25. The van der Waals surface area contributed by atoms with E-state index >= 15 is 0 Å². The SMILES string of the molecule is CC(C)Cn1ccnc(N2CCCC(C(C)N)C2)c1=O. The van der Waals surface area contributed by atoms with Gasteiger partial charge in [-0.05, 0) is 31.6 Å². The average molecular weight is 278 g/mol. The summed E-state index contributed by atoms with van der Waals surface area (Å²) in [6.07, 6.45) is 5.72. The van der Waals surface area contributed by atoms with Crippen LogP contribution in [0.5, 0.6) is 0 Å². The highest BCUT2D eigenvalue weighted by molar-refractivity contribution is 5.36. The molecule has 1 fully saturated rings. The van der Waals surface area contributed by atoms with Crippen molar-refractivity contribution in [3.8, 4) is 0 Å². The lowest BCUT2D eigenvalue weighted by Gasteiger charge is -2.35. The van der Waals surface area contributed by atoms with Gasteiger partial charge in [0.1, 0.15) is 0 Å². The van der Waals surface area contributed by atoms with Gasteiger partial charge in [0.25, 0.3) is 5.56 Å². The maximum atomic E-state index is 12.5. The maximum Gasteiger partial charge on any atom is 0.293 e. The van der Waals surface area contributed by atoms with Crippen LogP contribution in [0.2, 0.25) is 0 Å². The molecule has 2 rings (SSSR count). The number of hydrogen-bond acceptors (Lipinski definition) is 4. The summed E-state index contributed by atoms with van der Waals surface area (Å²) < 4.78 is 1.77. The molecule has 1 aliphatic rings. The number of aromatic nitrogens is 2. The number of rotatable bonds is 4. The molecule has 20 heavy (non-hydrogen) atoms. The van der Waals surface area contributed by atoms with Crippen LogP contribution in [0.4, 0.5) is 5.82 Å². The average Bonchev–Trinajstić information content (AvgIpc) is 2.41. The molecule has 2 N–H and O–H groups in total. The Bertz CT molecular complexity index is 495. The van der Waals surface area contributed by atoms with Crippen molar-refractivity contribution in [2.24, 2.45) is 17.6 Å². The topological polar surface area (TPSA) is 64.2 Å². The van der Waals surface area contributed by atoms with E-state index in [2.05, 4.69) is 23.7 Å². The largest absolute Gasteiger partial charge is 0.352 e. The Labute approximate surface area is 120 Å². The number of piperidine rings is 1. The molecule has 1 aromatic rings. The Morgan fingerprint density at radius 2 is 2.20 bits per heavy atom. The summed E-state index contributed by atoms with van der Waals surface area (Å²) in [6, 6.07) is 0.166. The molecule has 0 bridgehead atoms. The molecule has 0 aliphatic carbocycles. The normalized spacial score (nSPS) is 21.2. The molecule has 0 amide bonds. The van der Waals surface area contributed by atoms with E-state index in [-0.39, 0.29) is 11.6 Å². The van der Waals surface area contributed by atoms with E-state index in [9.17, 15) is 4.79 Å². The molecule has 0 spiro atoms. The fraction of sp³-hybridized carbons (Fsp3) is 0.733. The third-order valence-corrected chi connectivity index (χ3v) is 3.96. The van der Waals surface area contributed by atoms with E-state index in [0.29, 0.717) is 17.7 Å². The number of nitrogens with zero attached hydrogens (tertiary/aromatic N) is 3. The molecule has 0 radical (unpaired) electrons. The second-order valence-corrected chi connectivity index (χ2v) is 6.31. The van der Waals surface area contributed by atoms with Crippen LogP contribution in [0.3, 0.4) is 0 Å². The lowest BCUT2D eigenvalue weighted by molar-refractivity contribution is 0.362. The van der Waals surface area contributed by atoms with Gasteiger partial charge < -0.3 is 15.2 Å². The van der Waals surface area contributed by atoms with Crippen LogP contribution in [0.15, 0.2) is 17.2 Å². The van der Waals surface area contributed by atoms with Gasteiger partial charge in [-0.1, -0.05) is 13.8 Å². The number of hydrogen-bond donors (Lipinski definition) is 1. The summed E-state index contributed by atoms with van der Waals surface area (Å²) in [7, 11) is 0. The van der Waals surface area contributed by atoms with Gasteiger partial charge >= 0.3 is 0 Å². The Morgan fingerprint density at radius 3 is 2.85 bits per heavy atom. The minimum Gasteiger partial charge on any atom is -0.352 e. The van der Waals surface area contributed by atoms with Gasteiger partial charge in [0.05, 0.1) is 0 Å². The Morgan fingerprint density at radius 1 is 1.45 bits per heavy atom. The Balaban J connectivity index is 2.22. The first-order valence-corrected chi connectivity index (χ1v) is 7.55. The van der Waals surface area contributed by atoms with Crippen LogP contribution < -0.4 is 16.2 Å². The van der Waals surface area contributed by atoms with Crippen LogP contribution in [0, 0.1) is 11.8 Å². The highest BCUT2D eigenvalue weighted by Crippen LogP contribution is 2.21. The fourth-order valence-corrected chi connectivity index (χ4v) is 2.82. The van der Waals surface area contributed by atoms with E-state index in [1.54, 1.807) is 17.0 Å². The molecule has 5 heteroatoms. The minimum absolute atomic E-state index is 0.0199.